The molecule has 3 heteroatoms. The molecule has 3 unspecified atom stereocenters. The molecule has 2 fully saturated rings. The molecular formula is C13H24ClNO. The lowest BCUT2D eigenvalue weighted by molar-refractivity contribution is 0.102. The van der Waals surface area contributed by atoms with Crippen LogP contribution >= 0.6 is 11.6 Å². The van der Waals surface area contributed by atoms with Crippen LogP contribution in [0, 0.1) is 0 Å². The summed E-state index contributed by atoms with van der Waals surface area (Å²) in [6.07, 6.45) is 10.6. The van der Waals surface area contributed by atoms with E-state index in [0.717, 1.165) is 13.2 Å². The zero-order chi connectivity index (χ0) is 11.2. The van der Waals surface area contributed by atoms with E-state index < -0.39 is 0 Å². The van der Waals surface area contributed by atoms with E-state index in [-0.39, 0.29) is 0 Å². The molecule has 0 aromatic rings. The summed E-state index contributed by atoms with van der Waals surface area (Å²) in [5, 5.41) is 3.97. The van der Waals surface area contributed by atoms with Gasteiger partial charge in [-0.2, -0.15) is 0 Å². The van der Waals surface area contributed by atoms with Crippen molar-refractivity contribution >= 4 is 11.6 Å². The molecule has 0 bridgehead atoms. The molecule has 0 radical (unpaired) electrons. The van der Waals surface area contributed by atoms with Gasteiger partial charge in [0.2, 0.25) is 0 Å². The molecule has 2 nitrogen and oxygen atoms in total. The number of ether oxygens (including phenoxy) is 1. The fourth-order valence-corrected chi connectivity index (χ4v) is 3.17. The maximum atomic E-state index is 6.30. The number of halogens is 1. The SMILES string of the molecule is ClC1CCCCC1NCCCC1CCCO1. The number of rotatable bonds is 5. The summed E-state index contributed by atoms with van der Waals surface area (Å²) in [6, 6.07) is 0.555. The quantitative estimate of drug-likeness (QED) is 0.594. The van der Waals surface area contributed by atoms with Crippen LogP contribution in [0.3, 0.4) is 0 Å². The maximum Gasteiger partial charge on any atom is 0.0576 e. The van der Waals surface area contributed by atoms with Gasteiger partial charge in [0, 0.05) is 18.0 Å². The lowest BCUT2D eigenvalue weighted by atomic mass is 9.95. The summed E-state index contributed by atoms with van der Waals surface area (Å²) in [5.74, 6) is 0. The lowest BCUT2D eigenvalue weighted by Gasteiger charge is -2.28. The molecule has 94 valence electrons. The number of alkyl halides is 1. The van der Waals surface area contributed by atoms with E-state index in [1.807, 2.05) is 0 Å². The molecule has 2 rings (SSSR count). The highest BCUT2D eigenvalue weighted by molar-refractivity contribution is 6.21. The molecule has 1 heterocycles. The van der Waals surface area contributed by atoms with E-state index in [1.165, 1.54) is 51.4 Å². The van der Waals surface area contributed by atoms with Gasteiger partial charge in [0.1, 0.15) is 0 Å². The first-order valence-electron chi connectivity index (χ1n) is 6.85. The van der Waals surface area contributed by atoms with Gasteiger partial charge < -0.3 is 10.1 Å². The van der Waals surface area contributed by atoms with Crippen molar-refractivity contribution in [2.24, 2.45) is 0 Å². The van der Waals surface area contributed by atoms with Gasteiger partial charge in [-0.15, -0.1) is 11.6 Å². The first kappa shape index (κ1) is 12.7. The molecule has 0 spiro atoms. The molecule has 0 aromatic carbocycles. The highest BCUT2D eigenvalue weighted by Crippen LogP contribution is 2.23. The van der Waals surface area contributed by atoms with Gasteiger partial charge in [-0.25, -0.2) is 0 Å². The van der Waals surface area contributed by atoms with Crippen molar-refractivity contribution in [2.45, 2.75) is 68.9 Å². The normalized spacial score (nSPS) is 35.4. The summed E-state index contributed by atoms with van der Waals surface area (Å²) in [6.45, 7) is 2.08. The van der Waals surface area contributed by atoms with E-state index in [2.05, 4.69) is 5.32 Å². The standard InChI is InChI=1S/C13H24ClNO/c14-12-7-1-2-8-13(12)15-9-3-5-11-6-4-10-16-11/h11-13,15H,1-10H2. The Morgan fingerprint density at radius 2 is 2.00 bits per heavy atom. The van der Waals surface area contributed by atoms with Crippen LogP contribution in [0.15, 0.2) is 0 Å². The number of hydrogen-bond donors (Lipinski definition) is 1. The Labute approximate surface area is 104 Å². The van der Waals surface area contributed by atoms with Crippen LogP contribution in [0.1, 0.15) is 51.4 Å². The molecule has 1 N–H and O–H groups in total. The van der Waals surface area contributed by atoms with Gasteiger partial charge >= 0.3 is 0 Å². The molecule has 1 aliphatic carbocycles. The third kappa shape index (κ3) is 3.90. The second kappa shape index (κ2) is 6.83. The summed E-state index contributed by atoms with van der Waals surface area (Å²) < 4.78 is 5.61. The number of hydrogen-bond acceptors (Lipinski definition) is 2. The van der Waals surface area contributed by atoms with Crippen molar-refractivity contribution in [3.63, 3.8) is 0 Å². The van der Waals surface area contributed by atoms with E-state index in [0.29, 0.717) is 17.5 Å². The Morgan fingerprint density at radius 1 is 1.12 bits per heavy atom. The van der Waals surface area contributed by atoms with Crippen LogP contribution in [0.5, 0.6) is 0 Å². The fraction of sp³-hybridized carbons (Fsp3) is 1.00. The fourth-order valence-electron chi connectivity index (χ4n) is 2.80. The zero-order valence-corrected chi connectivity index (χ0v) is 10.8. The Balaban J connectivity index is 1.53. The summed E-state index contributed by atoms with van der Waals surface area (Å²) in [4.78, 5) is 0. The molecule has 1 saturated carbocycles. The number of nitrogens with one attached hydrogen (secondary N) is 1. The molecule has 1 saturated heterocycles. The highest BCUT2D eigenvalue weighted by atomic mass is 35.5. The van der Waals surface area contributed by atoms with Crippen molar-refractivity contribution < 1.29 is 4.74 Å². The van der Waals surface area contributed by atoms with E-state index in [4.69, 9.17) is 16.3 Å². The van der Waals surface area contributed by atoms with Gasteiger partial charge in [-0.3, -0.25) is 0 Å². The van der Waals surface area contributed by atoms with Crippen molar-refractivity contribution in [1.82, 2.24) is 5.32 Å². The van der Waals surface area contributed by atoms with Crippen molar-refractivity contribution in [1.29, 1.82) is 0 Å². The second-order valence-electron chi connectivity index (χ2n) is 5.14. The maximum absolute atomic E-state index is 6.30. The van der Waals surface area contributed by atoms with Gasteiger partial charge in [0.25, 0.3) is 0 Å². The van der Waals surface area contributed by atoms with Crippen LogP contribution in [0.2, 0.25) is 0 Å². The van der Waals surface area contributed by atoms with Gasteiger partial charge in [0.15, 0.2) is 0 Å². The van der Waals surface area contributed by atoms with Gasteiger partial charge in [-0.1, -0.05) is 12.8 Å². The predicted molar refractivity (Wildman–Crippen MR) is 68.1 cm³/mol. The largest absolute Gasteiger partial charge is 0.378 e. The predicted octanol–water partition coefficient (Wildman–Crippen LogP) is 3.09. The molecule has 16 heavy (non-hydrogen) atoms. The van der Waals surface area contributed by atoms with Crippen molar-refractivity contribution in [2.75, 3.05) is 13.2 Å². The molecule has 0 aromatic heterocycles. The van der Waals surface area contributed by atoms with Crippen molar-refractivity contribution in [3.8, 4) is 0 Å². The van der Waals surface area contributed by atoms with E-state index >= 15 is 0 Å². The average molecular weight is 246 g/mol. The van der Waals surface area contributed by atoms with Gasteiger partial charge in [-0.05, 0) is 45.1 Å². The van der Waals surface area contributed by atoms with Crippen LogP contribution in [-0.4, -0.2) is 30.7 Å². The van der Waals surface area contributed by atoms with Crippen LogP contribution in [-0.2, 0) is 4.74 Å². The monoisotopic (exact) mass is 245 g/mol. The topological polar surface area (TPSA) is 21.3 Å². The second-order valence-corrected chi connectivity index (χ2v) is 5.70. The Kier molecular flexibility index (Phi) is 5.40. The van der Waals surface area contributed by atoms with Crippen LogP contribution in [0.4, 0.5) is 0 Å². The smallest absolute Gasteiger partial charge is 0.0576 e. The van der Waals surface area contributed by atoms with Crippen molar-refractivity contribution in [3.05, 3.63) is 0 Å². The molecular weight excluding hydrogens is 222 g/mol. The van der Waals surface area contributed by atoms with Crippen LogP contribution < -0.4 is 5.32 Å². The Hall–Kier alpha value is 0.210. The van der Waals surface area contributed by atoms with Gasteiger partial charge in [0.05, 0.1) is 6.10 Å². The third-order valence-corrected chi connectivity index (χ3v) is 4.34. The minimum absolute atomic E-state index is 0.358. The average Bonchev–Trinajstić information content (AvgIpc) is 2.79. The first-order chi connectivity index (χ1) is 7.86. The molecule has 1 aliphatic heterocycles. The lowest BCUT2D eigenvalue weighted by Crippen LogP contribution is -2.39. The Morgan fingerprint density at radius 3 is 2.75 bits per heavy atom. The molecule has 2 aliphatic rings. The first-order valence-corrected chi connectivity index (χ1v) is 7.29. The van der Waals surface area contributed by atoms with E-state index in [1.54, 1.807) is 0 Å². The summed E-state index contributed by atoms with van der Waals surface area (Å²) >= 11 is 6.30. The minimum Gasteiger partial charge on any atom is -0.378 e. The summed E-state index contributed by atoms with van der Waals surface area (Å²) in [7, 11) is 0. The summed E-state index contributed by atoms with van der Waals surface area (Å²) in [5.41, 5.74) is 0. The van der Waals surface area contributed by atoms with E-state index in [9.17, 15) is 0 Å². The third-order valence-electron chi connectivity index (χ3n) is 3.82. The molecule has 0 amide bonds. The minimum atomic E-state index is 0.358. The molecule has 3 atom stereocenters. The zero-order valence-electron chi connectivity index (χ0n) is 10.1. The Bertz CT molecular complexity index is 194. The van der Waals surface area contributed by atoms with Crippen LogP contribution in [0.25, 0.3) is 0 Å². The highest BCUT2D eigenvalue weighted by Gasteiger charge is 2.22.